The predicted octanol–water partition coefficient (Wildman–Crippen LogP) is 0.291. The SMILES string of the molecule is CCCC#C[SiH3].CN(C)C. The molecule has 0 bridgehead atoms. The lowest BCUT2D eigenvalue weighted by Crippen LogP contribution is -1.99. The van der Waals surface area contributed by atoms with Crippen LogP contribution in [0, 0.1) is 11.5 Å². The Morgan fingerprint density at radius 3 is 1.80 bits per heavy atom. The van der Waals surface area contributed by atoms with E-state index < -0.39 is 0 Å². The van der Waals surface area contributed by atoms with Crippen molar-refractivity contribution in [2.24, 2.45) is 0 Å². The Balaban J connectivity index is 0. The van der Waals surface area contributed by atoms with Gasteiger partial charge in [0.05, 0.1) is 10.2 Å². The predicted molar refractivity (Wildman–Crippen MR) is 52.2 cm³/mol. The lowest BCUT2D eigenvalue weighted by Gasteiger charge is -1.90. The molecule has 0 saturated carbocycles. The first-order valence-electron chi connectivity index (χ1n) is 3.65. The summed E-state index contributed by atoms with van der Waals surface area (Å²) in [5.74, 6) is 3.01. The molecule has 0 aliphatic carbocycles. The molecule has 0 spiro atoms. The Morgan fingerprint density at radius 2 is 1.70 bits per heavy atom. The number of unbranched alkanes of at least 4 members (excludes halogenated alkanes) is 1. The topological polar surface area (TPSA) is 3.24 Å². The largest absolute Gasteiger partial charge is 0.312 e. The minimum absolute atomic E-state index is 1.04. The normalized spacial score (nSPS) is 7.70. The van der Waals surface area contributed by atoms with Gasteiger partial charge in [-0.3, -0.25) is 0 Å². The van der Waals surface area contributed by atoms with Gasteiger partial charge in [0.15, 0.2) is 0 Å². The van der Waals surface area contributed by atoms with Crippen LogP contribution >= 0.6 is 0 Å². The van der Waals surface area contributed by atoms with E-state index in [9.17, 15) is 0 Å². The van der Waals surface area contributed by atoms with E-state index in [1.165, 1.54) is 6.42 Å². The summed E-state index contributed by atoms with van der Waals surface area (Å²) in [7, 11) is 7.04. The molecule has 10 heavy (non-hydrogen) atoms. The second-order valence-electron chi connectivity index (χ2n) is 2.52. The highest BCUT2D eigenvalue weighted by atomic mass is 28.1. The number of hydrogen-bond acceptors (Lipinski definition) is 1. The van der Waals surface area contributed by atoms with Crippen molar-refractivity contribution in [3.8, 4) is 11.5 Å². The van der Waals surface area contributed by atoms with E-state index in [4.69, 9.17) is 0 Å². The van der Waals surface area contributed by atoms with Crippen molar-refractivity contribution in [1.29, 1.82) is 0 Å². The summed E-state index contributed by atoms with van der Waals surface area (Å²) in [5.41, 5.74) is 2.96. The highest BCUT2D eigenvalue weighted by molar-refractivity contribution is 6.22. The Hall–Kier alpha value is -0.263. The van der Waals surface area contributed by atoms with Crippen LogP contribution in [0.1, 0.15) is 19.8 Å². The van der Waals surface area contributed by atoms with E-state index in [1.54, 1.807) is 0 Å². The standard InChI is InChI=1S/C5H10Si.C3H9N/c1-2-3-4-5-6;1-4(2)3/h2-3H2,1,6H3;1-3H3. The van der Waals surface area contributed by atoms with Gasteiger partial charge in [-0.2, -0.15) is 0 Å². The minimum Gasteiger partial charge on any atom is -0.312 e. The van der Waals surface area contributed by atoms with Gasteiger partial charge < -0.3 is 4.90 Å². The Kier molecular flexibility index (Phi) is 14.3. The van der Waals surface area contributed by atoms with E-state index in [0.717, 1.165) is 16.7 Å². The molecule has 60 valence electrons. The zero-order valence-electron chi connectivity index (χ0n) is 7.86. The molecule has 0 aliphatic heterocycles. The molecule has 0 amide bonds. The third kappa shape index (κ3) is 46.9. The maximum atomic E-state index is 3.01. The highest BCUT2D eigenvalue weighted by Crippen LogP contribution is 1.78. The van der Waals surface area contributed by atoms with Crippen molar-refractivity contribution in [1.82, 2.24) is 4.90 Å². The average molecular weight is 157 g/mol. The van der Waals surface area contributed by atoms with Crippen molar-refractivity contribution in [2.45, 2.75) is 19.8 Å². The first kappa shape index (κ1) is 12.4. The number of rotatable bonds is 1. The summed E-state index contributed by atoms with van der Waals surface area (Å²) in [5, 5.41) is 0. The zero-order chi connectivity index (χ0) is 8.41. The molecule has 0 aromatic heterocycles. The van der Waals surface area contributed by atoms with Gasteiger partial charge in [0.2, 0.25) is 0 Å². The number of hydrogen-bond donors (Lipinski definition) is 0. The molecule has 0 unspecified atom stereocenters. The molecule has 0 atom stereocenters. The van der Waals surface area contributed by atoms with Crippen molar-refractivity contribution >= 4 is 10.2 Å². The Bertz CT molecular complexity index is 96.8. The lowest BCUT2D eigenvalue weighted by molar-refractivity contribution is 0.505. The monoisotopic (exact) mass is 157 g/mol. The van der Waals surface area contributed by atoms with Crippen LogP contribution in [-0.4, -0.2) is 36.3 Å². The summed E-state index contributed by atoms with van der Waals surface area (Å²) in [6.45, 7) is 2.14. The van der Waals surface area contributed by atoms with Gasteiger partial charge >= 0.3 is 0 Å². The van der Waals surface area contributed by atoms with Gasteiger partial charge in [0.1, 0.15) is 0 Å². The molecule has 0 saturated heterocycles. The van der Waals surface area contributed by atoms with Gasteiger partial charge in [-0.1, -0.05) is 6.92 Å². The van der Waals surface area contributed by atoms with E-state index in [0.29, 0.717) is 0 Å². The van der Waals surface area contributed by atoms with Gasteiger partial charge in [0.25, 0.3) is 0 Å². The third-order valence-electron chi connectivity index (χ3n) is 0.552. The van der Waals surface area contributed by atoms with Gasteiger partial charge in [-0.25, -0.2) is 0 Å². The third-order valence-corrected chi connectivity index (χ3v) is 0.905. The van der Waals surface area contributed by atoms with Crippen LogP contribution in [0.2, 0.25) is 0 Å². The fourth-order valence-corrected chi connectivity index (χ4v) is 0.500. The quantitative estimate of drug-likeness (QED) is 0.391. The second kappa shape index (κ2) is 11.5. The van der Waals surface area contributed by atoms with E-state index in [-0.39, 0.29) is 0 Å². The van der Waals surface area contributed by atoms with Gasteiger partial charge in [0, 0.05) is 6.42 Å². The summed E-state index contributed by atoms with van der Waals surface area (Å²) in [6.07, 6.45) is 2.29. The molecule has 0 aliphatic rings. The fraction of sp³-hybridized carbons (Fsp3) is 0.750. The highest BCUT2D eigenvalue weighted by Gasteiger charge is 1.63. The summed E-state index contributed by atoms with van der Waals surface area (Å²) in [4.78, 5) is 2.00. The molecular formula is C8H19NSi. The molecule has 0 aromatic rings. The van der Waals surface area contributed by atoms with Crippen LogP contribution in [0.25, 0.3) is 0 Å². The molecule has 1 nitrogen and oxygen atoms in total. The molecule has 0 radical (unpaired) electrons. The fourth-order valence-electron chi connectivity index (χ4n) is 0.250. The van der Waals surface area contributed by atoms with E-state index >= 15 is 0 Å². The maximum Gasteiger partial charge on any atom is 0.0906 e. The van der Waals surface area contributed by atoms with Crippen molar-refractivity contribution in [3.63, 3.8) is 0 Å². The minimum atomic E-state index is 1.04. The van der Waals surface area contributed by atoms with Gasteiger partial charge in [-0.15, -0.1) is 11.5 Å². The summed E-state index contributed by atoms with van der Waals surface area (Å²) in [6, 6.07) is 0. The molecule has 0 heterocycles. The van der Waals surface area contributed by atoms with Crippen LogP contribution in [0.15, 0.2) is 0 Å². The summed E-state index contributed by atoms with van der Waals surface area (Å²) >= 11 is 0. The Morgan fingerprint density at radius 1 is 1.30 bits per heavy atom. The van der Waals surface area contributed by atoms with Gasteiger partial charge in [-0.05, 0) is 27.6 Å². The first-order valence-corrected chi connectivity index (χ1v) is 4.65. The van der Waals surface area contributed by atoms with Crippen LogP contribution in [0.5, 0.6) is 0 Å². The smallest absolute Gasteiger partial charge is 0.0906 e. The molecular weight excluding hydrogens is 138 g/mol. The maximum absolute atomic E-state index is 3.01. The molecule has 2 heteroatoms. The molecule has 0 N–H and O–H groups in total. The first-order chi connectivity index (χ1) is 4.65. The van der Waals surface area contributed by atoms with Crippen LogP contribution < -0.4 is 0 Å². The van der Waals surface area contributed by atoms with E-state index in [1.807, 2.05) is 26.0 Å². The number of nitrogens with zero attached hydrogens (tertiary/aromatic N) is 1. The molecule has 0 aromatic carbocycles. The van der Waals surface area contributed by atoms with E-state index in [2.05, 4.69) is 18.4 Å². The molecule has 0 rings (SSSR count). The summed E-state index contributed by atoms with van der Waals surface area (Å²) < 4.78 is 0. The molecule has 0 fully saturated rings. The van der Waals surface area contributed by atoms with Crippen molar-refractivity contribution < 1.29 is 0 Å². The second-order valence-corrected chi connectivity index (χ2v) is 3.02. The average Bonchev–Trinajstić information content (AvgIpc) is 1.82. The van der Waals surface area contributed by atoms with Crippen molar-refractivity contribution in [3.05, 3.63) is 0 Å². The Labute approximate surface area is 68.2 Å². The van der Waals surface area contributed by atoms with Crippen LogP contribution in [0.4, 0.5) is 0 Å². The zero-order valence-corrected chi connectivity index (χ0v) is 9.86. The van der Waals surface area contributed by atoms with Crippen LogP contribution in [0.3, 0.4) is 0 Å². The lowest BCUT2D eigenvalue weighted by atomic mass is 10.4. The van der Waals surface area contributed by atoms with Crippen LogP contribution in [-0.2, 0) is 0 Å². The van der Waals surface area contributed by atoms with Crippen molar-refractivity contribution in [2.75, 3.05) is 21.1 Å².